The van der Waals surface area contributed by atoms with Crippen LogP contribution in [0.3, 0.4) is 0 Å². The second-order valence-electron chi connectivity index (χ2n) is 5.05. The molecule has 1 aliphatic heterocycles. The number of benzene rings is 1. The van der Waals surface area contributed by atoms with Gasteiger partial charge in [0.15, 0.2) is 0 Å². The lowest BCUT2D eigenvalue weighted by molar-refractivity contribution is -0.156. The quantitative estimate of drug-likeness (QED) is 0.662. The summed E-state index contributed by atoms with van der Waals surface area (Å²) in [4.78, 5) is 24.3. The zero-order valence-electron chi connectivity index (χ0n) is 13.3. The number of carbonyl (C=O) groups excluding carboxylic acids is 2. The molecule has 1 saturated heterocycles. The van der Waals surface area contributed by atoms with Gasteiger partial charge in [-0.15, -0.1) is 0 Å². The summed E-state index contributed by atoms with van der Waals surface area (Å²) in [5, 5.41) is 2.94. The van der Waals surface area contributed by atoms with Gasteiger partial charge in [0.25, 0.3) is 0 Å². The van der Waals surface area contributed by atoms with Crippen LogP contribution >= 0.6 is 11.6 Å². The van der Waals surface area contributed by atoms with E-state index in [9.17, 15) is 14.0 Å². The number of nitrogens with one attached hydrogen (secondary N) is 3. The van der Waals surface area contributed by atoms with Gasteiger partial charge in [-0.2, -0.15) is 0 Å². The Morgan fingerprint density at radius 1 is 1.21 bits per heavy atom. The Morgan fingerprint density at radius 3 is 2.50 bits per heavy atom. The van der Waals surface area contributed by atoms with Crippen LogP contribution in [0.5, 0.6) is 0 Å². The summed E-state index contributed by atoms with van der Waals surface area (Å²) < 4.78 is 23.3. The van der Waals surface area contributed by atoms with Gasteiger partial charge in [-0.05, 0) is 32.0 Å². The van der Waals surface area contributed by atoms with Gasteiger partial charge in [0.1, 0.15) is 23.9 Å². The van der Waals surface area contributed by atoms with Gasteiger partial charge in [0.05, 0.1) is 18.2 Å². The van der Waals surface area contributed by atoms with Crippen molar-refractivity contribution in [1.29, 1.82) is 0 Å². The summed E-state index contributed by atoms with van der Waals surface area (Å²) in [6, 6.07) is 3.16. The van der Waals surface area contributed by atoms with Crippen molar-refractivity contribution in [3.8, 4) is 0 Å². The molecule has 24 heavy (non-hydrogen) atoms. The smallest absolute Gasteiger partial charge is 0.325 e. The molecule has 3 unspecified atom stereocenters. The van der Waals surface area contributed by atoms with Crippen molar-refractivity contribution >= 4 is 29.2 Å². The van der Waals surface area contributed by atoms with Crippen molar-refractivity contribution in [2.45, 2.75) is 26.1 Å². The van der Waals surface area contributed by atoms with Crippen molar-refractivity contribution < 1.29 is 23.5 Å². The molecule has 1 heterocycles. The van der Waals surface area contributed by atoms with Crippen molar-refractivity contribution in [3.63, 3.8) is 0 Å². The molecule has 1 aliphatic rings. The van der Waals surface area contributed by atoms with Crippen LogP contribution in [0, 0.1) is 11.7 Å². The molecular weight excluding hydrogens is 341 g/mol. The minimum absolute atomic E-state index is 0.0550. The number of halogens is 2. The molecule has 0 bridgehead atoms. The average molecular weight is 360 g/mol. The highest BCUT2D eigenvalue weighted by atomic mass is 35.5. The third kappa shape index (κ3) is 4.14. The Labute approximate surface area is 143 Å². The van der Waals surface area contributed by atoms with E-state index < -0.39 is 35.9 Å². The van der Waals surface area contributed by atoms with E-state index in [2.05, 4.69) is 16.2 Å². The van der Waals surface area contributed by atoms with E-state index in [-0.39, 0.29) is 18.2 Å². The molecule has 132 valence electrons. The lowest BCUT2D eigenvalue weighted by Gasteiger charge is -2.22. The second kappa shape index (κ2) is 8.27. The van der Waals surface area contributed by atoms with Gasteiger partial charge >= 0.3 is 11.9 Å². The van der Waals surface area contributed by atoms with Crippen molar-refractivity contribution in [2.75, 3.05) is 18.5 Å². The largest absolute Gasteiger partial charge is 0.466 e. The average Bonchev–Trinajstić information content (AvgIpc) is 2.95. The first-order valence-electron chi connectivity index (χ1n) is 7.53. The number of ether oxygens (including phenoxy) is 2. The van der Waals surface area contributed by atoms with E-state index in [1.165, 1.54) is 18.2 Å². The van der Waals surface area contributed by atoms with Crippen LogP contribution in [-0.4, -0.2) is 37.4 Å². The zero-order valence-corrected chi connectivity index (χ0v) is 14.0. The van der Waals surface area contributed by atoms with Crippen LogP contribution in [0.2, 0.25) is 5.02 Å². The molecule has 0 saturated carbocycles. The highest BCUT2D eigenvalue weighted by molar-refractivity contribution is 6.31. The summed E-state index contributed by atoms with van der Waals surface area (Å²) in [6.07, 6.45) is -0.667. The van der Waals surface area contributed by atoms with Gasteiger partial charge in [-0.3, -0.25) is 9.59 Å². The predicted molar refractivity (Wildman–Crippen MR) is 85.6 cm³/mol. The summed E-state index contributed by atoms with van der Waals surface area (Å²) in [5.41, 5.74) is 6.04. The minimum Gasteiger partial charge on any atom is -0.466 e. The molecule has 3 atom stereocenters. The molecule has 1 fully saturated rings. The molecule has 1 aromatic rings. The second-order valence-corrected chi connectivity index (χ2v) is 5.45. The normalized spacial score (nSPS) is 22.9. The maximum Gasteiger partial charge on any atom is 0.325 e. The van der Waals surface area contributed by atoms with Gasteiger partial charge in [0.2, 0.25) is 0 Å². The maximum atomic E-state index is 13.2. The van der Waals surface area contributed by atoms with Crippen LogP contribution in [0.1, 0.15) is 13.8 Å². The monoisotopic (exact) mass is 359 g/mol. The lowest BCUT2D eigenvalue weighted by Crippen LogP contribution is -2.43. The van der Waals surface area contributed by atoms with Crippen LogP contribution in [0.4, 0.5) is 10.1 Å². The molecule has 0 radical (unpaired) electrons. The zero-order chi connectivity index (χ0) is 17.7. The molecular formula is C15H19ClFN3O4. The SMILES string of the molecule is CCOC(=O)C1NNC(Nc2ccc(F)c(Cl)c2)C1C(=O)OCC. The van der Waals surface area contributed by atoms with E-state index in [0.29, 0.717) is 5.69 Å². The number of hydrazine groups is 1. The molecule has 7 nitrogen and oxygen atoms in total. The Morgan fingerprint density at radius 2 is 1.88 bits per heavy atom. The predicted octanol–water partition coefficient (Wildman–Crippen LogP) is 1.44. The first-order chi connectivity index (χ1) is 11.5. The molecule has 0 amide bonds. The van der Waals surface area contributed by atoms with Crippen LogP contribution in [0.15, 0.2) is 18.2 Å². The van der Waals surface area contributed by atoms with Crippen molar-refractivity contribution in [3.05, 3.63) is 29.0 Å². The van der Waals surface area contributed by atoms with Crippen LogP contribution in [-0.2, 0) is 19.1 Å². The standard InChI is InChI=1S/C15H19ClFN3O4/c1-3-23-14(21)11-12(15(22)24-4-2)19-20-13(11)18-8-5-6-10(17)9(16)7-8/h5-7,11-13,18-20H,3-4H2,1-2H3. The van der Waals surface area contributed by atoms with E-state index >= 15 is 0 Å². The van der Waals surface area contributed by atoms with Crippen molar-refractivity contribution in [2.24, 2.45) is 5.92 Å². The Bertz CT molecular complexity index is 616. The lowest BCUT2D eigenvalue weighted by atomic mass is 9.99. The number of hydrogen-bond donors (Lipinski definition) is 3. The summed E-state index contributed by atoms with van der Waals surface area (Å²) in [7, 11) is 0. The van der Waals surface area contributed by atoms with Crippen molar-refractivity contribution in [1.82, 2.24) is 10.9 Å². The molecule has 3 N–H and O–H groups in total. The third-order valence-electron chi connectivity index (χ3n) is 3.45. The van der Waals surface area contributed by atoms with Crippen LogP contribution in [0.25, 0.3) is 0 Å². The molecule has 2 rings (SSSR count). The fourth-order valence-corrected chi connectivity index (χ4v) is 2.57. The number of anilines is 1. The molecule has 9 heteroatoms. The Kier molecular flexibility index (Phi) is 6.36. The molecule has 0 spiro atoms. The van der Waals surface area contributed by atoms with E-state index in [1.54, 1.807) is 13.8 Å². The summed E-state index contributed by atoms with van der Waals surface area (Å²) >= 11 is 5.75. The fourth-order valence-electron chi connectivity index (χ4n) is 2.39. The first kappa shape index (κ1) is 18.4. The number of esters is 2. The Balaban J connectivity index is 2.18. The number of hydrogen-bond acceptors (Lipinski definition) is 7. The summed E-state index contributed by atoms with van der Waals surface area (Å²) in [6.45, 7) is 3.73. The van der Waals surface area contributed by atoms with E-state index in [0.717, 1.165) is 0 Å². The first-order valence-corrected chi connectivity index (χ1v) is 7.91. The summed E-state index contributed by atoms with van der Waals surface area (Å²) in [5.74, 6) is -2.54. The third-order valence-corrected chi connectivity index (χ3v) is 3.74. The molecule has 0 aromatic heterocycles. The fraction of sp³-hybridized carbons (Fsp3) is 0.467. The molecule has 0 aliphatic carbocycles. The van der Waals surface area contributed by atoms with Gasteiger partial charge < -0.3 is 14.8 Å². The Hall–Kier alpha value is -1.90. The number of carbonyl (C=O) groups is 2. The van der Waals surface area contributed by atoms with E-state index in [1.807, 2.05) is 0 Å². The number of rotatable bonds is 6. The van der Waals surface area contributed by atoms with Gasteiger partial charge in [-0.1, -0.05) is 11.6 Å². The topological polar surface area (TPSA) is 88.7 Å². The maximum absolute atomic E-state index is 13.2. The highest BCUT2D eigenvalue weighted by Crippen LogP contribution is 2.24. The minimum atomic E-state index is -0.905. The highest BCUT2D eigenvalue weighted by Gasteiger charge is 2.46. The van der Waals surface area contributed by atoms with E-state index in [4.69, 9.17) is 21.1 Å². The van der Waals surface area contributed by atoms with Crippen LogP contribution < -0.4 is 16.2 Å². The van der Waals surface area contributed by atoms with Gasteiger partial charge in [-0.25, -0.2) is 15.2 Å². The molecule has 1 aromatic carbocycles. The van der Waals surface area contributed by atoms with Gasteiger partial charge in [0, 0.05) is 5.69 Å².